The van der Waals surface area contributed by atoms with E-state index in [1.807, 2.05) is 0 Å². The number of aromatic nitrogens is 3. The van der Waals surface area contributed by atoms with Crippen molar-refractivity contribution in [1.29, 1.82) is 0 Å². The summed E-state index contributed by atoms with van der Waals surface area (Å²) in [5.41, 5.74) is 6.30. The molecule has 2 aliphatic rings. The molecule has 3 N–H and O–H groups in total. The normalized spacial score (nSPS) is 17.9. The maximum Gasteiger partial charge on any atom is 0.488 e. The van der Waals surface area contributed by atoms with E-state index in [0.717, 1.165) is 25.0 Å². The molecule has 1 aromatic heterocycles. The number of nitrogens with one attached hydrogen (secondary N) is 1. The SMILES string of the molecule is NCCCCn1cc(COc2cc(OS(=O)(=O)F)cc3c2CN(C2CCC(=O)NC2=O)C3=O)nn1. The maximum atomic E-state index is 13.2. The first-order valence-corrected chi connectivity index (χ1v) is 12.1. The van der Waals surface area contributed by atoms with Gasteiger partial charge in [-0.3, -0.25) is 24.4 Å². The van der Waals surface area contributed by atoms with Gasteiger partial charge in [-0.05, 0) is 31.9 Å². The molecule has 0 spiro atoms. The molecule has 2 aliphatic heterocycles. The van der Waals surface area contributed by atoms with E-state index in [4.69, 9.17) is 10.5 Å². The molecular weight excluding hydrogens is 487 g/mol. The lowest BCUT2D eigenvalue weighted by molar-refractivity contribution is -0.136. The minimum atomic E-state index is -5.37. The number of hydrogen-bond acceptors (Lipinski definition) is 10. The Morgan fingerprint density at radius 3 is 2.74 bits per heavy atom. The van der Waals surface area contributed by atoms with Gasteiger partial charge in [0.15, 0.2) is 0 Å². The topological polar surface area (TPSA) is 176 Å². The van der Waals surface area contributed by atoms with Crippen molar-refractivity contribution in [2.75, 3.05) is 6.54 Å². The van der Waals surface area contributed by atoms with Gasteiger partial charge in [-0.1, -0.05) is 9.10 Å². The van der Waals surface area contributed by atoms with Crippen molar-refractivity contribution < 1.29 is 35.6 Å². The Hall–Kier alpha value is -3.59. The second-order valence-electron chi connectivity index (χ2n) is 8.08. The summed E-state index contributed by atoms with van der Waals surface area (Å²) in [4.78, 5) is 38.1. The highest BCUT2D eigenvalue weighted by molar-refractivity contribution is 7.81. The number of nitrogens with zero attached hydrogens (tertiary/aromatic N) is 4. The number of halogens is 1. The molecule has 1 unspecified atom stereocenters. The van der Waals surface area contributed by atoms with Crippen molar-refractivity contribution in [2.24, 2.45) is 5.73 Å². The predicted octanol–water partition coefficient (Wildman–Crippen LogP) is -0.0499. The number of nitrogens with two attached hydrogens (primary N) is 1. The molecular formula is C20H23FN6O7S. The molecule has 0 bridgehead atoms. The van der Waals surface area contributed by atoms with Crippen molar-refractivity contribution in [3.8, 4) is 11.5 Å². The first-order valence-electron chi connectivity index (χ1n) is 10.8. The van der Waals surface area contributed by atoms with Crippen LogP contribution in [-0.2, 0) is 39.8 Å². The van der Waals surface area contributed by atoms with Gasteiger partial charge in [0.25, 0.3) is 5.91 Å². The molecule has 1 saturated heterocycles. The molecule has 15 heteroatoms. The first-order chi connectivity index (χ1) is 16.6. The Morgan fingerprint density at radius 1 is 1.23 bits per heavy atom. The third-order valence-electron chi connectivity index (χ3n) is 5.59. The van der Waals surface area contributed by atoms with E-state index < -0.39 is 40.0 Å². The lowest BCUT2D eigenvalue weighted by atomic mass is 10.0. The molecule has 188 valence electrons. The van der Waals surface area contributed by atoms with E-state index in [1.54, 1.807) is 10.9 Å². The third-order valence-corrected chi connectivity index (χ3v) is 5.98. The summed E-state index contributed by atoms with van der Waals surface area (Å²) >= 11 is 0. The van der Waals surface area contributed by atoms with Crippen LogP contribution in [0.1, 0.15) is 47.3 Å². The van der Waals surface area contributed by atoms with Crippen LogP contribution in [0.5, 0.6) is 11.5 Å². The second-order valence-corrected chi connectivity index (χ2v) is 9.03. The van der Waals surface area contributed by atoms with Crippen LogP contribution in [0.2, 0.25) is 0 Å². The van der Waals surface area contributed by atoms with Crippen molar-refractivity contribution >= 4 is 28.2 Å². The Morgan fingerprint density at radius 2 is 2.03 bits per heavy atom. The number of hydrogen-bond donors (Lipinski definition) is 2. The van der Waals surface area contributed by atoms with Gasteiger partial charge in [0, 0.05) is 24.6 Å². The highest BCUT2D eigenvalue weighted by Gasteiger charge is 2.41. The number of piperidine rings is 1. The van der Waals surface area contributed by atoms with E-state index in [0.29, 0.717) is 24.3 Å². The number of amides is 3. The predicted molar refractivity (Wildman–Crippen MR) is 116 cm³/mol. The Balaban J connectivity index is 1.57. The number of benzene rings is 1. The lowest BCUT2D eigenvalue weighted by Crippen LogP contribution is -2.52. The number of imide groups is 1. The molecule has 3 heterocycles. The number of carbonyl (C=O) groups is 3. The van der Waals surface area contributed by atoms with Crippen LogP contribution in [0, 0.1) is 0 Å². The van der Waals surface area contributed by atoms with Gasteiger partial charge in [0.1, 0.15) is 29.8 Å². The zero-order chi connectivity index (χ0) is 25.2. The number of ether oxygens (including phenoxy) is 1. The Bertz CT molecular complexity index is 1260. The van der Waals surface area contributed by atoms with E-state index in [-0.39, 0.29) is 37.3 Å². The van der Waals surface area contributed by atoms with Crippen LogP contribution in [0.3, 0.4) is 0 Å². The van der Waals surface area contributed by atoms with E-state index >= 15 is 0 Å². The summed E-state index contributed by atoms with van der Waals surface area (Å²) in [6.07, 6.45) is 3.53. The van der Waals surface area contributed by atoms with E-state index in [1.165, 1.54) is 4.90 Å². The average molecular weight is 511 g/mol. The van der Waals surface area contributed by atoms with Crippen molar-refractivity contribution in [2.45, 2.75) is 51.4 Å². The van der Waals surface area contributed by atoms with Crippen LogP contribution in [0.4, 0.5) is 3.89 Å². The summed E-state index contributed by atoms with van der Waals surface area (Å²) < 4.78 is 47.0. The van der Waals surface area contributed by atoms with Gasteiger partial charge < -0.3 is 19.6 Å². The van der Waals surface area contributed by atoms with Gasteiger partial charge >= 0.3 is 10.5 Å². The fourth-order valence-corrected chi connectivity index (χ4v) is 4.30. The van der Waals surface area contributed by atoms with Crippen LogP contribution in [0.15, 0.2) is 18.3 Å². The zero-order valence-corrected chi connectivity index (χ0v) is 19.3. The fraction of sp³-hybridized carbons (Fsp3) is 0.450. The zero-order valence-electron chi connectivity index (χ0n) is 18.5. The molecule has 1 atom stereocenters. The van der Waals surface area contributed by atoms with Crippen LogP contribution in [-0.4, -0.2) is 58.6 Å². The van der Waals surface area contributed by atoms with Crippen LogP contribution in [0.25, 0.3) is 0 Å². The summed E-state index contributed by atoms with van der Waals surface area (Å²) in [6, 6.07) is 1.31. The molecule has 0 radical (unpaired) electrons. The van der Waals surface area contributed by atoms with Crippen molar-refractivity contribution in [3.05, 3.63) is 35.2 Å². The van der Waals surface area contributed by atoms with Crippen molar-refractivity contribution in [1.82, 2.24) is 25.2 Å². The first kappa shape index (κ1) is 24.5. The summed E-state index contributed by atoms with van der Waals surface area (Å²) in [6.45, 7) is 1.07. The highest BCUT2D eigenvalue weighted by Crippen LogP contribution is 2.38. The van der Waals surface area contributed by atoms with Gasteiger partial charge in [-0.15, -0.1) is 5.10 Å². The number of rotatable bonds is 10. The molecule has 13 nitrogen and oxygen atoms in total. The summed E-state index contributed by atoms with van der Waals surface area (Å²) in [5, 5.41) is 10.2. The minimum absolute atomic E-state index is 0.00344. The maximum absolute atomic E-state index is 13.2. The third kappa shape index (κ3) is 5.74. The van der Waals surface area contributed by atoms with Gasteiger partial charge in [-0.2, -0.15) is 8.42 Å². The molecule has 0 saturated carbocycles. The quantitative estimate of drug-likeness (QED) is 0.250. The largest absolute Gasteiger partial charge is 0.488 e. The molecule has 1 fully saturated rings. The van der Waals surface area contributed by atoms with Crippen LogP contribution < -0.4 is 20.0 Å². The smallest absolute Gasteiger partial charge is 0.487 e. The Kier molecular flexibility index (Phi) is 6.98. The molecule has 1 aromatic carbocycles. The number of carbonyl (C=O) groups excluding carboxylic acids is 3. The summed E-state index contributed by atoms with van der Waals surface area (Å²) in [7, 11) is -5.37. The number of aryl methyl sites for hydroxylation is 1. The van der Waals surface area contributed by atoms with E-state index in [9.17, 15) is 26.7 Å². The van der Waals surface area contributed by atoms with Gasteiger partial charge in [0.2, 0.25) is 11.8 Å². The molecule has 0 aliphatic carbocycles. The molecule has 2 aromatic rings. The molecule has 4 rings (SSSR count). The summed E-state index contributed by atoms with van der Waals surface area (Å²) in [5.74, 6) is -2.06. The molecule has 3 amide bonds. The number of fused-ring (bicyclic) bond motifs is 1. The Labute approximate surface area is 199 Å². The van der Waals surface area contributed by atoms with Gasteiger partial charge in [-0.25, -0.2) is 0 Å². The van der Waals surface area contributed by atoms with Crippen molar-refractivity contribution in [3.63, 3.8) is 0 Å². The van der Waals surface area contributed by atoms with Crippen LogP contribution >= 0.6 is 0 Å². The van der Waals surface area contributed by atoms with E-state index in [2.05, 4.69) is 19.8 Å². The average Bonchev–Trinajstić information content (AvgIpc) is 3.36. The second kappa shape index (κ2) is 9.95. The highest BCUT2D eigenvalue weighted by atomic mass is 32.3. The molecule has 35 heavy (non-hydrogen) atoms. The van der Waals surface area contributed by atoms with Gasteiger partial charge in [0.05, 0.1) is 18.3 Å². The monoisotopic (exact) mass is 510 g/mol. The fourth-order valence-electron chi connectivity index (χ4n) is 3.98. The number of unbranched alkanes of at least 4 members (excludes halogenated alkanes) is 1. The minimum Gasteiger partial charge on any atom is -0.487 e. The standard InChI is InChI=1S/C20H23FN6O7S/c21-35(31,32)34-13-7-14-15(10-27(20(14)30)16-3-4-18(28)23-19(16)29)17(8-13)33-11-12-9-26(25-24-12)6-2-1-5-22/h7-9,16H,1-6,10-11,22H2,(H,23,28,29). The lowest BCUT2D eigenvalue weighted by Gasteiger charge is -2.29.